The third-order valence-electron chi connectivity index (χ3n) is 3.45. The van der Waals surface area contributed by atoms with E-state index in [0.29, 0.717) is 5.82 Å². The van der Waals surface area contributed by atoms with Crippen LogP contribution in [0.3, 0.4) is 0 Å². The summed E-state index contributed by atoms with van der Waals surface area (Å²) in [6.45, 7) is 1.52. The molecule has 1 saturated heterocycles. The molecule has 0 aliphatic carbocycles. The fourth-order valence-corrected chi connectivity index (χ4v) is 2.29. The number of likely N-dealkylation sites (tertiary alicyclic amines) is 1. The maximum absolute atomic E-state index is 12.0. The van der Waals surface area contributed by atoms with Gasteiger partial charge in [-0.15, -0.1) is 0 Å². The van der Waals surface area contributed by atoms with Gasteiger partial charge in [-0.1, -0.05) is 0 Å². The Kier molecular flexibility index (Phi) is 3.83. The SMILES string of the molecule is Cc1nccn1-c1cc(NC(=O)CN2C(=O)CCC2=O)ncn1. The highest BCUT2D eigenvalue weighted by molar-refractivity contribution is 6.06. The summed E-state index contributed by atoms with van der Waals surface area (Å²) in [5.74, 6) is 0.436. The lowest BCUT2D eigenvalue weighted by atomic mass is 10.4. The van der Waals surface area contributed by atoms with Crippen molar-refractivity contribution >= 4 is 23.5 Å². The van der Waals surface area contributed by atoms with Gasteiger partial charge in [-0.3, -0.25) is 23.9 Å². The van der Waals surface area contributed by atoms with Crippen molar-refractivity contribution in [3.63, 3.8) is 0 Å². The summed E-state index contributed by atoms with van der Waals surface area (Å²) in [6, 6.07) is 1.58. The zero-order chi connectivity index (χ0) is 16.4. The highest BCUT2D eigenvalue weighted by Crippen LogP contribution is 2.13. The molecule has 0 spiro atoms. The fraction of sp³-hybridized carbons (Fsp3) is 0.286. The third kappa shape index (κ3) is 3.07. The van der Waals surface area contributed by atoms with E-state index >= 15 is 0 Å². The Balaban J connectivity index is 1.71. The number of anilines is 1. The lowest BCUT2D eigenvalue weighted by Crippen LogP contribution is -2.37. The minimum atomic E-state index is -0.486. The first kappa shape index (κ1) is 14.8. The number of amides is 3. The molecule has 3 amide bonds. The number of aryl methyl sites for hydroxylation is 1. The highest BCUT2D eigenvalue weighted by atomic mass is 16.2. The van der Waals surface area contributed by atoms with Crippen molar-refractivity contribution in [2.45, 2.75) is 19.8 Å². The lowest BCUT2D eigenvalue weighted by molar-refractivity contribution is -0.141. The molecular weight excluding hydrogens is 300 g/mol. The van der Waals surface area contributed by atoms with Gasteiger partial charge in [0, 0.05) is 31.3 Å². The van der Waals surface area contributed by atoms with E-state index in [1.807, 2.05) is 6.92 Å². The first-order valence-electron chi connectivity index (χ1n) is 7.00. The molecule has 3 rings (SSSR count). The summed E-state index contributed by atoms with van der Waals surface area (Å²) in [5.41, 5.74) is 0. The van der Waals surface area contributed by atoms with Crippen LogP contribution in [-0.2, 0) is 14.4 Å². The van der Waals surface area contributed by atoms with Crippen LogP contribution in [0.5, 0.6) is 0 Å². The molecule has 23 heavy (non-hydrogen) atoms. The van der Waals surface area contributed by atoms with Gasteiger partial charge in [-0.05, 0) is 6.92 Å². The first-order valence-corrected chi connectivity index (χ1v) is 7.00. The maximum Gasteiger partial charge on any atom is 0.245 e. The molecule has 0 unspecified atom stereocenters. The molecule has 0 saturated carbocycles. The quantitative estimate of drug-likeness (QED) is 0.799. The number of hydrogen-bond donors (Lipinski definition) is 1. The normalized spacial score (nSPS) is 14.4. The molecular formula is C14H14N6O3. The zero-order valence-corrected chi connectivity index (χ0v) is 12.4. The summed E-state index contributed by atoms with van der Waals surface area (Å²) in [5, 5.41) is 2.56. The molecule has 0 aromatic carbocycles. The summed E-state index contributed by atoms with van der Waals surface area (Å²) >= 11 is 0. The second-order valence-corrected chi connectivity index (χ2v) is 5.03. The van der Waals surface area contributed by atoms with Crippen molar-refractivity contribution in [1.82, 2.24) is 24.4 Å². The van der Waals surface area contributed by atoms with Crippen molar-refractivity contribution in [3.8, 4) is 5.82 Å². The van der Waals surface area contributed by atoms with Gasteiger partial charge < -0.3 is 5.32 Å². The van der Waals surface area contributed by atoms with Crippen molar-refractivity contribution in [1.29, 1.82) is 0 Å². The molecule has 2 aromatic heterocycles. The molecule has 1 N–H and O–H groups in total. The Bertz CT molecular complexity index is 768. The number of imidazole rings is 1. The zero-order valence-electron chi connectivity index (χ0n) is 12.4. The van der Waals surface area contributed by atoms with Crippen LogP contribution in [0.15, 0.2) is 24.8 Å². The van der Waals surface area contributed by atoms with Crippen LogP contribution in [0.1, 0.15) is 18.7 Å². The number of rotatable bonds is 4. The van der Waals surface area contributed by atoms with Gasteiger partial charge >= 0.3 is 0 Å². The van der Waals surface area contributed by atoms with E-state index in [0.717, 1.165) is 10.7 Å². The summed E-state index contributed by atoms with van der Waals surface area (Å²) in [7, 11) is 0. The molecule has 3 heterocycles. The van der Waals surface area contributed by atoms with E-state index in [1.54, 1.807) is 23.0 Å². The molecule has 1 aliphatic heterocycles. The number of imide groups is 1. The van der Waals surface area contributed by atoms with Crippen LogP contribution < -0.4 is 5.32 Å². The topological polar surface area (TPSA) is 110 Å². The highest BCUT2D eigenvalue weighted by Gasteiger charge is 2.30. The molecule has 2 aromatic rings. The predicted molar refractivity (Wildman–Crippen MR) is 78.5 cm³/mol. The molecule has 9 nitrogen and oxygen atoms in total. The number of carbonyl (C=O) groups is 3. The standard InChI is InChI=1S/C14H14N6O3/c1-9-15-4-5-19(9)11-6-10(16-8-17-11)18-12(21)7-20-13(22)2-3-14(20)23/h4-6,8H,2-3,7H2,1H3,(H,16,17,18,21). The Labute approximate surface area is 131 Å². The van der Waals surface area contributed by atoms with Gasteiger partial charge in [0.25, 0.3) is 0 Å². The monoisotopic (exact) mass is 314 g/mol. The molecule has 118 valence electrons. The van der Waals surface area contributed by atoms with Crippen molar-refractivity contribution in [3.05, 3.63) is 30.6 Å². The average Bonchev–Trinajstić information content (AvgIpc) is 3.08. The van der Waals surface area contributed by atoms with E-state index in [1.165, 1.54) is 6.33 Å². The van der Waals surface area contributed by atoms with Crippen LogP contribution >= 0.6 is 0 Å². The van der Waals surface area contributed by atoms with Gasteiger partial charge in [0.15, 0.2) is 0 Å². The minimum Gasteiger partial charge on any atom is -0.309 e. The number of aromatic nitrogens is 4. The van der Waals surface area contributed by atoms with Gasteiger partial charge in [0.05, 0.1) is 0 Å². The summed E-state index contributed by atoms with van der Waals surface area (Å²) in [4.78, 5) is 48.1. The number of hydrogen-bond acceptors (Lipinski definition) is 6. The second-order valence-electron chi connectivity index (χ2n) is 5.03. The lowest BCUT2D eigenvalue weighted by Gasteiger charge is -2.13. The van der Waals surface area contributed by atoms with E-state index < -0.39 is 5.91 Å². The molecule has 0 bridgehead atoms. The second kappa shape index (κ2) is 5.95. The van der Waals surface area contributed by atoms with Gasteiger partial charge in [0.1, 0.15) is 30.3 Å². The molecule has 1 aliphatic rings. The summed E-state index contributed by atoms with van der Waals surface area (Å²) in [6.07, 6.45) is 5.01. The van der Waals surface area contributed by atoms with Crippen molar-refractivity contribution in [2.75, 3.05) is 11.9 Å². The van der Waals surface area contributed by atoms with Gasteiger partial charge in [-0.2, -0.15) is 0 Å². The molecule has 0 atom stereocenters. The van der Waals surface area contributed by atoms with E-state index in [4.69, 9.17) is 0 Å². The average molecular weight is 314 g/mol. The van der Waals surface area contributed by atoms with Crippen LogP contribution in [0.2, 0.25) is 0 Å². The van der Waals surface area contributed by atoms with Crippen LogP contribution in [0.4, 0.5) is 5.82 Å². The minimum absolute atomic E-state index is 0.156. The number of carbonyl (C=O) groups excluding carboxylic acids is 3. The molecule has 9 heteroatoms. The Morgan fingerprint density at radius 2 is 1.96 bits per heavy atom. The van der Waals surface area contributed by atoms with Crippen LogP contribution in [0, 0.1) is 6.92 Å². The van der Waals surface area contributed by atoms with E-state index in [9.17, 15) is 14.4 Å². The van der Waals surface area contributed by atoms with Gasteiger partial charge in [0.2, 0.25) is 17.7 Å². The van der Waals surface area contributed by atoms with Crippen molar-refractivity contribution in [2.24, 2.45) is 0 Å². The smallest absolute Gasteiger partial charge is 0.245 e. The number of nitrogens with zero attached hydrogens (tertiary/aromatic N) is 5. The van der Waals surface area contributed by atoms with E-state index in [-0.39, 0.29) is 37.0 Å². The Morgan fingerprint density at radius 1 is 1.22 bits per heavy atom. The number of nitrogens with one attached hydrogen (secondary N) is 1. The van der Waals surface area contributed by atoms with Crippen LogP contribution in [0.25, 0.3) is 5.82 Å². The van der Waals surface area contributed by atoms with Gasteiger partial charge in [-0.25, -0.2) is 15.0 Å². The predicted octanol–water partition coefficient (Wildman–Crippen LogP) is 0.0582. The van der Waals surface area contributed by atoms with E-state index in [2.05, 4.69) is 20.3 Å². The third-order valence-corrected chi connectivity index (χ3v) is 3.45. The fourth-order valence-electron chi connectivity index (χ4n) is 2.29. The largest absolute Gasteiger partial charge is 0.309 e. The summed E-state index contributed by atoms with van der Waals surface area (Å²) < 4.78 is 1.74. The Morgan fingerprint density at radius 3 is 2.61 bits per heavy atom. The van der Waals surface area contributed by atoms with Crippen LogP contribution in [-0.4, -0.2) is 48.7 Å². The maximum atomic E-state index is 12.0. The Hall–Kier alpha value is -3.10. The molecule has 0 radical (unpaired) electrons. The molecule has 1 fully saturated rings. The first-order chi connectivity index (χ1) is 11.0. The van der Waals surface area contributed by atoms with Crippen molar-refractivity contribution < 1.29 is 14.4 Å².